The highest BCUT2D eigenvalue weighted by molar-refractivity contribution is 7.92. The molecule has 0 bridgehead atoms. The molecule has 156 valence electrons. The van der Waals surface area contributed by atoms with Gasteiger partial charge in [-0.15, -0.1) is 0 Å². The van der Waals surface area contributed by atoms with Gasteiger partial charge < -0.3 is 10.1 Å². The number of amides is 1. The van der Waals surface area contributed by atoms with E-state index < -0.39 is 26.9 Å². The van der Waals surface area contributed by atoms with Crippen molar-refractivity contribution in [2.75, 3.05) is 22.5 Å². The Kier molecular flexibility index (Phi) is 7.16. The fourth-order valence-corrected chi connectivity index (χ4v) is 4.03. The number of rotatable bonds is 9. The first-order valence-corrected chi connectivity index (χ1v) is 10.8. The first-order valence-electron chi connectivity index (χ1n) is 8.95. The number of benzene rings is 2. The van der Waals surface area contributed by atoms with Crippen molar-refractivity contribution < 1.29 is 22.9 Å². The maximum absolute atomic E-state index is 12.9. The van der Waals surface area contributed by atoms with Crippen LogP contribution in [0.2, 0.25) is 0 Å². The molecular weight excluding hydrogens is 398 g/mol. The maximum atomic E-state index is 12.9. The molecule has 0 spiro atoms. The zero-order valence-corrected chi connectivity index (χ0v) is 17.2. The minimum atomic E-state index is -3.89. The van der Waals surface area contributed by atoms with E-state index in [2.05, 4.69) is 5.32 Å². The number of anilines is 2. The highest BCUT2D eigenvalue weighted by Gasteiger charge is 2.32. The molecule has 0 aliphatic carbocycles. The molecule has 2 rings (SSSR count). The van der Waals surface area contributed by atoms with Gasteiger partial charge in [0.2, 0.25) is 15.9 Å². The van der Waals surface area contributed by atoms with E-state index in [-0.39, 0.29) is 17.8 Å². The number of carbonyl (C=O) groups is 1. The molecule has 9 nitrogen and oxygen atoms in total. The number of ether oxygens (including phenoxy) is 1. The van der Waals surface area contributed by atoms with E-state index in [0.29, 0.717) is 18.0 Å². The van der Waals surface area contributed by atoms with Crippen molar-refractivity contribution in [1.29, 1.82) is 0 Å². The van der Waals surface area contributed by atoms with Crippen molar-refractivity contribution in [1.82, 2.24) is 0 Å². The van der Waals surface area contributed by atoms with Gasteiger partial charge in [-0.2, -0.15) is 0 Å². The van der Waals surface area contributed by atoms with Gasteiger partial charge in [0.25, 0.3) is 5.69 Å². The van der Waals surface area contributed by atoms with Crippen LogP contribution in [-0.4, -0.2) is 38.2 Å². The van der Waals surface area contributed by atoms with Crippen LogP contribution in [0.5, 0.6) is 5.75 Å². The van der Waals surface area contributed by atoms with Gasteiger partial charge in [-0.1, -0.05) is 13.0 Å². The molecule has 0 saturated carbocycles. The van der Waals surface area contributed by atoms with E-state index in [0.717, 1.165) is 16.6 Å². The highest BCUT2D eigenvalue weighted by Crippen LogP contribution is 2.27. The third kappa shape index (κ3) is 5.67. The number of nitro benzene ring substituents is 1. The van der Waals surface area contributed by atoms with Crippen LogP contribution in [-0.2, 0) is 14.8 Å². The molecule has 2 aromatic rings. The number of hydrogen-bond donors (Lipinski definition) is 1. The van der Waals surface area contributed by atoms with Gasteiger partial charge in [0.15, 0.2) is 0 Å². The number of carbonyl (C=O) groups excluding carboxylic acids is 1. The van der Waals surface area contributed by atoms with Crippen LogP contribution < -0.4 is 14.4 Å². The standard InChI is InChI=1S/C19H23N3O6S/c1-4-18(19(23)20-14-9-11-17(12-10-14)28-5-2)21(29(3,26)27)15-7-6-8-16(13-15)22(24)25/h6-13,18H,4-5H2,1-3H3,(H,20,23)/t18-/m0/s1. The Labute approximate surface area is 169 Å². The third-order valence-electron chi connectivity index (χ3n) is 4.06. The van der Waals surface area contributed by atoms with Gasteiger partial charge in [0.05, 0.1) is 23.5 Å². The molecule has 0 radical (unpaired) electrons. The Hall–Kier alpha value is -3.14. The van der Waals surface area contributed by atoms with Crippen molar-refractivity contribution >= 4 is 33.0 Å². The minimum absolute atomic E-state index is 0.0513. The zero-order chi connectivity index (χ0) is 21.6. The first-order chi connectivity index (χ1) is 13.7. The fourth-order valence-electron chi connectivity index (χ4n) is 2.83. The van der Waals surface area contributed by atoms with Crippen molar-refractivity contribution in [3.63, 3.8) is 0 Å². The lowest BCUT2D eigenvalue weighted by Gasteiger charge is -2.30. The summed E-state index contributed by atoms with van der Waals surface area (Å²) in [6.45, 7) is 4.03. The average molecular weight is 421 g/mol. The predicted octanol–water partition coefficient (Wildman–Crippen LogP) is 3.18. The van der Waals surface area contributed by atoms with Crippen molar-refractivity contribution in [3.05, 3.63) is 58.6 Å². The van der Waals surface area contributed by atoms with Crippen LogP contribution in [0.3, 0.4) is 0 Å². The van der Waals surface area contributed by atoms with Gasteiger partial charge in [0.1, 0.15) is 11.8 Å². The molecule has 1 N–H and O–H groups in total. The van der Waals surface area contributed by atoms with Crippen molar-refractivity contribution in [3.8, 4) is 5.75 Å². The van der Waals surface area contributed by atoms with Crippen LogP contribution in [0.15, 0.2) is 48.5 Å². The monoisotopic (exact) mass is 421 g/mol. The lowest BCUT2D eigenvalue weighted by molar-refractivity contribution is -0.384. The van der Waals surface area contributed by atoms with E-state index in [9.17, 15) is 23.3 Å². The smallest absolute Gasteiger partial charge is 0.271 e. The molecule has 0 aromatic heterocycles. The predicted molar refractivity (Wildman–Crippen MR) is 111 cm³/mol. The summed E-state index contributed by atoms with van der Waals surface area (Å²) in [5, 5.41) is 13.7. The number of nitrogens with one attached hydrogen (secondary N) is 1. The average Bonchev–Trinajstić information content (AvgIpc) is 2.66. The summed E-state index contributed by atoms with van der Waals surface area (Å²) in [5.41, 5.74) is 0.262. The van der Waals surface area contributed by atoms with E-state index in [1.807, 2.05) is 6.92 Å². The second-order valence-corrected chi connectivity index (χ2v) is 8.07. The zero-order valence-electron chi connectivity index (χ0n) is 16.4. The molecule has 29 heavy (non-hydrogen) atoms. The van der Waals surface area contributed by atoms with Crippen LogP contribution in [0.1, 0.15) is 20.3 Å². The molecule has 0 aliphatic rings. The van der Waals surface area contributed by atoms with Gasteiger partial charge in [-0.05, 0) is 43.7 Å². The molecule has 2 aromatic carbocycles. The summed E-state index contributed by atoms with van der Waals surface area (Å²) in [6, 6.07) is 10.8. The second-order valence-electron chi connectivity index (χ2n) is 6.21. The molecule has 0 saturated heterocycles. The van der Waals surface area contributed by atoms with Gasteiger partial charge in [0, 0.05) is 17.8 Å². The highest BCUT2D eigenvalue weighted by atomic mass is 32.2. The SMILES string of the molecule is CCOc1ccc(NC(=O)[C@H](CC)N(c2cccc([N+](=O)[O-])c2)S(C)(=O)=O)cc1. The molecule has 0 heterocycles. The Morgan fingerprint density at radius 2 is 1.86 bits per heavy atom. The summed E-state index contributed by atoms with van der Waals surface area (Å²) in [7, 11) is -3.89. The molecule has 1 atom stereocenters. The molecule has 0 fully saturated rings. The number of nitrogens with zero attached hydrogens (tertiary/aromatic N) is 2. The van der Waals surface area contributed by atoms with E-state index in [4.69, 9.17) is 4.74 Å². The second kappa shape index (κ2) is 9.37. The van der Waals surface area contributed by atoms with Crippen molar-refractivity contribution in [2.24, 2.45) is 0 Å². The summed E-state index contributed by atoms with van der Waals surface area (Å²) in [6.07, 6.45) is 1.12. The Bertz CT molecular complexity index is 976. The normalized spacial score (nSPS) is 12.1. The van der Waals surface area contributed by atoms with Crippen LogP contribution in [0.4, 0.5) is 17.1 Å². The summed E-state index contributed by atoms with van der Waals surface area (Å²) < 4.78 is 31.1. The lowest BCUT2D eigenvalue weighted by atomic mass is 10.1. The maximum Gasteiger partial charge on any atom is 0.271 e. The first kappa shape index (κ1) is 22.2. The quantitative estimate of drug-likeness (QED) is 0.491. The van der Waals surface area contributed by atoms with E-state index in [1.54, 1.807) is 31.2 Å². The Morgan fingerprint density at radius 3 is 2.38 bits per heavy atom. The Morgan fingerprint density at radius 1 is 1.21 bits per heavy atom. The van der Waals surface area contributed by atoms with Crippen LogP contribution in [0.25, 0.3) is 0 Å². The number of non-ortho nitro benzene ring substituents is 1. The van der Waals surface area contributed by atoms with Crippen LogP contribution >= 0.6 is 0 Å². The van der Waals surface area contributed by atoms with Crippen LogP contribution in [0, 0.1) is 10.1 Å². The Balaban J connectivity index is 2.34. The number of nitro groups is 1. The minimum Gasteiger partial charge on any atom is -0.494 e. The molecule has 10 heteroatoms. The molecule has 0 unspecified atom stereocenters. The van der Waals surface area contributed by atoms with E-state index in [1.165, 1.54) is 18.2 Å². The van der Waals surface area contributed by atoms with Gasteiger partial charge in [-0.3, -0.25) is 19.2 Å². The molecule has 1 amide bonds. The van der Waals surface area contributed by atoms with Crippen molar-refractivity contribution in [2.45, 2.75) is 26.3 Å². The summed E-state index contributed by atoms with van der Waals surface area (Å²) in [5.74, 6) is 0.0977. The number of hydrogen-bond acceptors (Lipinski definition) is 6. The molecule has 0 aliphatic heterocycles. The topological polar surface area (TPSA) is 119 Å². The van der Waals surface area contributed by atoms with Gasteiger partial charge in [-0.25, -0.2) is 8.42 Å². The molecular formula is C19H23N3O6S. The lowest BCUT2D eigenvalue weighted by Crippen LogP contribution is -2.47. The van der Waals surface area contributed by atoms with E-state index >= 15 is 0 Å². The summed E-state index contributed by atoms with van der Waals surface area (Å²) >= 11 is 0. The third-order valence-corrected chi connectivity index (χ3v) is 5.24. The van der Waals surface area contributed by atoms with Gasteiger partial charge >= 0.3 is 0 Å². The summed E-state index contributed by atoms with van der Waals surface area (Å²) in [4.78, 5) is 23.3. The number of sulfonamides is 1. The fraction of sp³-hybridized carbons (Fsp3) is 0.316. The largest absolute Gasteiger partial charge is 0.494 e.